The Balaban J connectivity index is 1.40. The normalized spacial score (nSPS) is 16.6. The molecule has 2 aromatic carbocycles. The van der Waals surface area contributed by atoms with Gasteiger partial charge in [-0.25, -0.2) is 4.68 Å². The quantitative estimate of drug-likeness (QED) is 0.732. The zero-order chi connectivity index (χ0) is 17.8. The van der Waals surface area contributed by atoms with Gasteiger partial charge in [0.05, 0.1) is 31.1 Å². The highest BCUT2D eigenvalue weighted by Crippen LogP contribution is 2.21. The van der Waals surface area contributed by atoms with Gasteiger partial charge in [0.1, 0.15) is 11.9 Å². The lowest BCUT2D eigenvalue weighted by molar-refractivity contribution is 0.141. The predicted molar refractivity (Wildman–Crippen MR) is 102 cm³/mol. The maximum Gasteiger partial charge on any atom is 0.124 e. The van der Waals surface area contributed by atoms with E-state index in [0.29, 0.717) is 13.2 Å². The molecule has 0 amide bonds. The van der Waals surface area contributed by atoms with Gasteiger partial charge in [-0.05, 0) is 48.9 Å². The van der Waals surface area contributed by atoms with Gasteiger partial charge < -0.3 is 14.8 Å². The summed E-state index contributed by atoms with van der Waals surface area (Å²) in [6.07, 6.45) is 2.98. The molecule has 134 valence electrons. The van der Waals surface area contributed by atoms with Crippen molar-refractivity contribution in [1.82, 2.24) is 9.78 Å². The molecule has 1 atom stereocenters. The van der Waals surface area contributed by atoms with Crippen LogP contribution in [0, 0.1) is 6.92 Å². The number of hydrogen-bond acceptors (Lipinski definition) is 4. The van der Waals surface area contributed by atoms with Crippen LogP contribution in [-0.4, -0.2) is 29.1 Å². The Bertz CT molecular complexity index is 852. The molecule has 1 aliphatic heterocycles. The first kappa shape index (κ1) is 16.7. The minimum Gasteiger partial charge on any atom is -0.488 e. The van der Waals surface area contributed by atoms with Crippen molar-refractivity contribution in [2.24, 2.45) is 0 Å². The first-order chi connectivity index (χ1) is 12.8. The van der Waals surface area contributed by atoms with Crippen molar-refractivity contribution in [2.75, 3.05) is 18.5 Å². The second-order valence-electron chi connectivity index (χ2n) is 6.50. The molecular formula is C21H23N3O2. The van der Waals surface area contributed by atoms with E-state index in [-0.39, 0.29) is 6.10 Å². The van der Waals surface area contributed by atoms with Gasteiger partial charge in [-0.1, -0.05) is 18.2 Å². The van der Waals surface area contributed by atoms with E-state index in [4.69, 9.17) is 9.47 Å². The number of benzene rings is 2. The average molecular weight is 349 g/mol. The molecule has 4 rings (SSSR count). The molecule has 1 aromatic heterocycles. The van der Waals surface area contributed by atoms with Gasteiger partial charge in [0, 0.05) is 18.3 Å². The molecule has 1 fully saturated rings. The van der Waals surface area contributed by atoms with Crippen LogP contribution >= 0.6 is 0 Å². The van der Waals surface area contributed by atoms with Gasteiger partial charge in [0.2, 0.25) is 0 Å². The van der Waals surface area contributed by atoms with Crippen molar-refractivity contribution in [1.29, 1.82) is 0 Å². The third kappa shape index (κ3) is 3.73. The van der Waals surface area contributed by atoms with Crippen molar-refractivity contribution >= 4 is 5.69 Å². The maximum absolute atomic E-state index is 5.90. The van der Waals surface area contributed by atoms with E-state index in [1.54, 1.807) is 0 Å². The highest BCUT2D eigenvalue weighted by atomic mass is 16.5. The minimum atomic E-state index is 0.178. The van der Waals surface area contributed by atoms with Crippen molar-refractivity contribution in [3.8, 4) is 11.4 Å². The summed E-state index contributed by atoms with van der Waals surface area (Å²) in [4.78, 5) is 0. The first-order valence-corrected chi connectivity index (χ1v) is 8.97. The molecule has 1 saturated heterocycles. The van der Waals surface area contributed by atoms with Crippen molar-refractivity contribution in [3.05, 3.63) is 72.1 Å². The molecule has 0 saturated carbocycles. The summed E-state index contributed by atoms with van der Waals surface area (Å²) in [5.74, 6) is 0.885. The van der Waals surface area contributed by atoms with Crippen LogP contribution in [0.4, 0.5) is 5.69 Å². The molecule has 1 N–H and O–H groups in total. The second kappa shape index (κ2) is 7.62. The largest absolute Gasteiger partial charge is 0.488 e. The van der Waals surface area contributed by atoms with Crippen LogP contribution in [0.5, 0.6) is 5.75 Å². The van der Waals surface area contributed by atoms with Crippen LogP contribution < -0.4 is 10.1 Å². The molecule has 1 unspecified atom stereocenters. The monoisotopic (exact) mass is 349 g/mol. The van der Waals surface area contributed by atoms with Crippen LogP contribution in [0.3, 0.4) is 0 Å². The summed E-state index contributed by atoms with van der Waals surface area (Å²) in [6.45, 7) is 4.27. The zero-order valence-electron chi connectivity index (χ0n) is 14.9. The molecule has 5 nitrogen and oxygen atoms in total. The van der Waals surface area contributed by atoms with Gasteiger partial charge in [0.15, 0.2) is 0 Å². The van der Waals surface area contributed by atoms with Crippen molar-refractivity contribution < 1.29 is 9.47 Å². The molecule has 26 heavy (non-hydrogen) atoms. The smallest absolute Gasteiger partial charge is 0.124 e. The number of nitrogens with zero attached hydrogens (tertiary/aromatic N) is 2. The minimum absolute atomic E-state index is 0.178. The van der Waals surface area contributed by atoms with Gasteiger partial charge in [-0.3, -0.25) is 0 Å². The van der Waals surface area contributed by atoms with Crippen LogP contribution in [-0.2, 0) is 11.3 Å². The molecule has 2 heterocycles. The van der Waals surface area contributed by atoms with E-state index in [2.05, 4.69) is 29.5 Å². The lowest BCUT2D eigenvalue weighted by Gasteiger charge is -2.13. The van der Waals surface area contributed by atoms with E-state index in [1.165, 1.54) is 5.56 Å². The topological polar surface area (TPSA) is 48.3 Å². The number of nitrogens with one attached hydrogen (secondary N) is 1. The molecule has 0 radical (unpaired) electrons. The van der Waals surface area contributed by atoms with Gasteiger partial charge in [0.25, 0.3) is 0 Å². The summed E-state index contributed by atoms with van der Waals surface area (Å²) >= 11 is 0. The van der Waals surface area contributed by atoms with E-state index < -0.39 is 0 Å². The molecular weight excluding hydrogens is 326 g/mol. The van der Waals surface area contributed by atoms with Crippen LogP contribution in [0.2, 0.25) is 0 Å². The van der Waals surface area contributed by atoms with Gasteiger partial charge in [-0.15, -0.1) is 0 Å². The fourth-order valence-corrected chi connectivity index (χ4v) is 3.12. The third-order valence-electron chi connectivity index (χ3n) is 4.58. The van der Waals surface area contributed by atoms with Gasteiger partial charge in [-0.2, -0.15) is 5.10 Å². The van der Waals surface area contributed by atoms with Crippen LogP contribution in [0.15, 0.2) is 60.8 Å². The predicted octanol–water partition coefficient (Wildman–Crippen LogP) is 3.96. The number of anilines is 1. The maximum atomic E-state index is 5.90. The number of para-hydroxylation sites is 1. The average Bonchev–Trinajstić information content (AvgIpc) is 3.33. The fraction of sp³-hybridized carbons (Fsp3) is 0.286. The van der Waals surface area contributed by atoms with Crippen molar-refractivity contribution in [3.63, 3.8) is 0 Å². The molecule has 3 aromatic rings. The van der Waals surface area contributed by atoms with E-state index in [9.17, 15) is 0 Å². The lowest BCUT2D eigenvalue weighted by Crippen LogP contribution is -2.15. The summed E-state index contributed by atoms with van der Waals surface area (Å²) < 4.78 is 13.2. The van der Waals surface area contributed by atoms with E-state index >= 15 is 0 Å². The Morgan fingerprint density at radius 2 is 2.00 bits per heavy atom. The number of aryl methyl sites for hydroxylation is 1. The number of rotatable bonds is 6. The fourth-order valence-electron chi connectivity index (χ4n) is 3.12. The molecule has 0 spiro atoms. The SMILES string of the molecule is Cc1ccccc1-n1nccc1CNc1ccc(OC2CCOC2)cc1. The third-order valence-corrected chi connectivity index (χ3v) is 4.58. The molecule has 0 aliphatic carbocycles. The molecule has 5 heteroatoms. The lowest BCUT2D eigenvalue weighted by atomic mass is 10.2. The first-order valence-electron chi connectivity index (χ1n) is 8.97. The molecule has 1 aliphatic rings. The standard InChI is InChI=1S/C21H23N3O2/c1-16-4-2-3-5-21(16)24-18(10-12-23-24)14-22-17-6-8-19(9-7-17)26-20-11-13-25-15-20/h2-10,12,20,22H,11,13-15H2,1H3. The summed E-state index contributed by atoms with van der Waals surface area (Å²) in [7, 11) is 0. The Morgan fingerprint density at radius 3 is 2.77 bits per heavy atom. The number of ether oxygens (including phenoxy) is 2. The summed E-state index contributed by atoms with van der Waals surface area (Å²) in [6, 6.07) is 18.4. The summed E-state index contributed by atoms with van der Waals surface area (Å²) in [5, 5.41) is 7.93. The van der Waals surface area contributed by atoms with Crippen molar-refractivity contribution in [2.45, 2.75) is 26.0 Å². The Kier molecular flexibility index (Phi) is 4.88. The Labute approximate surface area is 153 Å². The van der Waals surface area contributed by atoms with E-state index in [1.807, 2.05) is 53.3 Å². The highest BCUT2D eigenvalue weighted by molar-refractivity contribution is 5.47. The zero-order valence-corrected chi connectivity index (χ0v) is 14.9. The van der Waals surface area contributed by atoms with Crippen LogP contribution in [0.1, 0.15) is 17.7 Å². The van der Waals surface area contributed by atoms with Crippen LogP contribution in [0.25, 0.3) is 5.69 Å². The number of aromatic nitrogens is 2. The number of hydrogen-bond donors (Lipinski definition) is 1. The van der Waals surface area contributed by atoms with E-state index in [0.717, 1.165) is 35.8 Å². The highest BCUT2D eigenvalue weighted by Gasteiger charge is 2.16. The Hall–Kier alpha value is -2.79. The second-order valence-corrected chi connectivity index (χ2v) is 6.50. The Morgan fingerprint density at radius 1 is 1.15 bits per heavy atom. The molecule has 0 bridgehead atoms. The van der Waals surface area contributed by atoms with Gasteiger partial charge >= 0.3 is 0 Å². The summed E-state index contributed by atoms with van der Waals surface area (Å²) in [5.41, 5.74) is 4.48.